The van der Waals surface area contributed by atoms with Gasteiger partial charge in [0, 0.05) is 7.05 Å². The third-order valence-corrected chi connectivity index (χ3v) is 4.41. The van der Waals surface area contributed by atoms with Gasteiger partial charge < -0.3 is 10.6 Å². The largest absolute Gasteiger partial charge is 0.351 e. The molecule has 3 aromatic carbocycles. The molecule has 0 bridgehead atoms. The van der Waals surface area contributed by atoms with E-state index < -0.39 is 11.6 Å². The first kappa shape index (κ1) is 15.8. The van der Waals surface area contributed by atoms with Crippen LogP contribution in [0.3, 0.4) is 0 Å². The Labute approximate surface area is 142 Å². The number of carbonyl (C=O) groups excluding carboxylic acids is 1. The molecule has 3 aromatic rings. The normalized spacial score (nSPS) is 11.0. The van der Waals surface area contributed by atoms with Gasteiger partial charge in [-0.25, -0.2) is 4.79 Å². The lowest BCUT2D eigenvalue weighted by Crippen LogP contribution is -2.51. The van der Waals surface area contributed by atoms with Crippen LogP contribution in [0.15, 0.2) is 91.0 Å². The summed E-state index contributed by atoms with van der Waals surface area (Å²) >= 11 is 0. The number of urea groups is 1. The van der Waals surface area contributed by atoms with Crippen LogP contribution in [-0.2, 0) is 5.54 Å². The summed E-state index contributed by atoms with van der Waals surface area (Å²) in [6.07, 6.45) is 0. The fourth-order valence-electron chi connectivity index (χ4n) is 3.28. The summed E-state index contributed by atoms with van der Waals surface area (Å²) < 4.78 is 0. The fourth-order valence-corrected chi connectivity index (χ4v) is 3.28. The third-order valence-electron chi connectivity index (χ3n) is 4.41. The molecule has 3 rings (SSSR count). The predicted octanol–water partition coefficient (Wildman–Crippen LogP) is 3.99. The molecule has 0 atom stereocenters. The van der Waals surface area contributed by atoms with E-state index in [0.29, 0.717) is 0 Å². The Kier molecular flexibility index (Phi) is 4.34. The summed E-state index contributed by atoms with van der Waals surface area (Å²) in [6.45, 7) is 0. The minimum Gasteiger partial charge on any atom is -0.351 e. The first-order valence-electron chi connectivity index (χ1n) is 7.87. The van der Waals surface area contributed by atoms with Gasteiger partial charge in [-0.1, -0.05) is 91.0 Å². The molecule has 0 fully saturated rings. The van der Waals surface area contributed by atoms with Crippen molar-refractivity contribution in [2.75, 3.05) is 7.05 Å². The SMILES string of the molecule is CN(C(N)=O)C(c1ccccc1)(c1ccccc1)c1ccccc1. The van der Waals surface area contributed by atoms with Gasteiger partial charge in [0.25, 0.3) is 0 Å². The molecule has 0 unspecified atom stereocenters. The highest BCUT2D eigenvalue weighted by Gasteiger charge is 2.41. The Hall–Kier alpha value is -3.07. The van der Waals surface area contributed by atoms with Crippen molar-refractivity contribution in [3.63, 3.8) is 0 Å². The molecule has 0 aliphatic rings. The summed E-state index contributed by atoms with van der Waals surface area (Å²) in [4.78, 5) is 13.8. The van der Waals surface area contributed by atoms with Crippen molar-refractivity contribution in [1.82, 2.24) is 4.90 Å². The average molecular weight is 316 g/mol. The van der Waals surface area contributed by atoms with Gasteiger partial charge in [-0.15, -0.1) is 0 Å². The van der Waals surface area contributed by atoms with E-state index in [0.717, 1.165) is 16.7 Å². The lowest BCUT2D eigenvalue weighted by Gasteiger charge is -2.42. The van der Waals surface area contributed by atoms with Crippen LogP contribution in [-0.4, -0.2) is 18.0 Å². The van der Waals surface area contributed by atoms with Crippen molar-refractivity contribution in [3.8, 4) is 0 Å². The zero-order valence-corrected chi connectivity index (χ0v) is 13.6. The lowest BCUT2D eigenvalue weighted by molar-refractivity contribution is 0.184. The zero-order valence-electron chi connectivity index (χ0n) is 13.6. The van der Waals surface area contributed by atoms with Crippen LogP contribution in [0.4, 0.5) is 4.79 Å². The number of nitrogens with two attached hydrogens (primary N) is 1. The van der Waals surface area contributed by atoms with Gasteiger partial charge in [-0.3, -0.25) is 0 Å². The van der Waals surface area contributed by atoms with E-state index in [2.05, 4.69) is 0 Å². The molecule has 0 saturated heterocycles. The van der Waals surface area contributed by atoms with E-state index in [1.165, 1.54) is 0 Å². The van der Waals surface area contributed by atoms with E-state index in [1.54, 1.807) is 11.9 Å². The molecule has 120 valence electrons. The number of benzene rings is 3. The smallest absolute Gasteiger partial charge is 0.315 e. The highest BCUT2D eigenvalue weighted by Crippen LogP contribution is 2.41. The monoisotopic (exact) mass is 316 g/mol. The minimum atomic E-state index is -0.782. The quantitative estimate of drug-likeness (QED) is 0.727. The molecular weight excluding hydrogens is 296 g/mol. The number of hydrogen-bond donors (Lipinski definition) is 1. The molecule has 3 heteroatoms. The predicted molar refractivity (Wildman–Crippen MR) is 96.6 cm³/mol. The van der Waals surface area contributed by atoms with Crippen LogP contribution in [0.25, 0.3) is 0 Å². The number of carbonyl (C=O) groups is 1. The molecule has 0 aliphatic carbocycles. The maximum atomic E-state index is 12.2. The van der Waals surface area contributed by atoms with Gasteiger partial charge in [0.15, 0.2) is 0 Å². The molecule has 0 spiro atoms. The summed E-state index contributed by atoms with van der Waals surface area (Å²) in [7, 11) is 1.75. The molecule has 2 N–H and O–H groups in total. The Morgan fingerprint density at radius 3 is 1.25 bits per heavy atom. The number of primary amides is 1. The van der Waals surface area contributed by atoms with Crippen LogP contribution >= 0.6 is 0 Å². The molecule has 0 saturated carbocycles. The van der Waals surface area contributed by atoms with E-state index in [-0.39, 0.29) is 0 Å². The zero-order chi connectivity index (χ0) is 17.0. The first-order chi connectivity index (χ1) is 11.7. The van der Waals surface area contributed by atoms with Gasteiger partial charge in [0.1, 0.15) is 5.54 Å². The van der Waals surface area contributed by atoms with E-state index >= 15 is 0 Å². The summed E-state index contributed by atoms with van der Waals surface area (Å²) in [5, 5.41) is 0. The molecule has 3 nitrogen and oxygen atoms in total. The second kappa shape index (κ2) is 6.59. The minimum absolute atomic E-state index is 0.480. The van der Waals surface area contributed by atoms with Crippen molar-refractivity contribution in [2.45, 2.75) is 5.54 Å². The summed E-state index contributed by atoms with van der Waals surface area (Å²) in [5.74, 6) is 0. The summed E-state index contributed by atoms with van der Waals surface area (Å²) in [5.41, 5.74) is 7.91. The maximum absolute atomic E-state index is 12.2. The van der Waals surface area contributed by atoms with E-state index in [4.69, 9.17) is 5.73 Å². The maximum Gasteiger partial charge on any atom is 0.315 e. The Morgan fingerprint density at radius 1 is 0.708 bits per heavy atom. The summed E-state index contributed by atoms with van der Waals surface area (Å²) in [6, 6.07) is 29.4. The second-order valence-electron chi connectivity index (χ2n) is 5.71. The van der Waals surface area contributed by atoms with Crippen LogP contribution < -0.4 is 5.73 Å². The van der Waals surface area contributed by atoms with Gasteiger partial charge in [-0.05, 0) is 16.7 Å². The standard InChI is InChI=1S/C21H20N2O/c1-23(20(22)24)21(17-11-5-2-6-12-17,18-13-7-3-8-14-18)19-15-9-4-10-16-19/h2-16H,1H3,(H2,22,24). The lowest BCUT2D eigenvalue weighted by atomic mass is 9.76. The van der Waals surface area contributed by atoms with E-state index in [9.17, 15) is 4.79 Å². The number of amides is 2. The molecular formula is C21H20N2O. The van der Waals surface area contributed by atoms with Crippen molar-refractivity contribution >= 4 is 6.03 Å². The molecule has 2 amide bonds. The van der Waals surface area contributed by atoms with Crippen LogP contribution in [0.1, 0.15) is 16.7 Å². The topological polar surface area (TPSA) is 46.3 Å². The second-order valence-corrected chi connectivity index (χ2v) is 5.71. The van der Waals surface area contributed by atoms with E-state index in [1.807, 2.05) is 91.0 Å². The highest BCUT2D eigenvalue weighted by atomic mass is 16.2. The molecule has 0 aromatic heterocycles. The molecule has 0 radical (unpaired) electrons. The number of hydrogen-bond acceptors (Lipinski definition) is 1. The van der Waals surface area contributed by atoms with Gasteiger partial charge in [0.05, 0.1) is 0 Å². The number of rotatable bonds is 4. The van der Waals surface area contributed by atoms with Crippen molar-refractivity contribution < 1.29 is 4.79 Å². The highest BCUT2D eigenvalue weighted by molar-refractivity contribution is 5.75. The van der Waals surface area contributed by atoms with Crippen LogP contribution in [0.5, 0.6) is 0 Å². The number of nitrogens with zero attached hydrogens (tertiary/aromatic N) is 1. The van der Waals surface area contributed by atoms with Crippen LogP contribution in [0, 0.1) is 0 Å². The molecule has 0 heterocycles. The van der Waals surface area contributed by atoms with Crippen molar-refractivity contribution in [1.29, 1.82) is 0 Å². The van der Waals surface area contributed by atoms with Gasteiger partial charge >= 0.3 is 6.03 Å². The van der Waals surface area contributed by atoms with Gasteiger partial charge in [0.2, 0.25) is 0 Å². The molecule has 0 aliphatic heterocycles. The first-order valence-corrected chi connectivity index (χ1v) is 7.87. The Morgan fingerprint density at radius 2 is 1.00 bits per heavy atom. The Balaban J connectivity index is 2.39. The fraction of sp³-hybridized carbons (Fsp3) is 0.0952. The van der Waals surface area contributed by atoms with Crippen molar-refractivity contribution in [2.24, 2.45) is 5.73 Å². The average Bonchev–Trinajstić information content (AvgIpc) is 2.65. The molecule has 24 heavy (non-hydrogen) atoms. The van der Waals surface area contributed by atoms with Crippen molar-refractivity contribution in [3.05, 3.63) is 108 Å². The van der Waals surface area contributed by atoms with Crippen LogP contribution in [0.2, 0.25) is 0 Å². The Bertz CT molecular complexity index is 704. The third kappa shape index (κ3) is 2.54. The van der Waals surface area contributed by atoms with Gasteiger partial charge in [-0.2, -0.15) is 0 Å².